The van der Waals surface area contributed by atoms with Crippen LogP contribution in [0.3, 0.4) is 0 Å². The van der Waals surface area contributed by atoms with Crippen molar-refractivity contribution in [1.29, 1.82) is 0 Å². The van der Waals surface area contributed by atoms with Gasteiger partial charge >= 0.3 is 6.03 Å². The highest BCUT2D eigenvalue weighted by Gasteiger charge is 2.21. The average molecular weight is 210 g/mol. The fraction of sp³-hybridized carbons (Fsp3) is 0.429. The molecule has 0 spiro atoms. The fourth-order valence-corrected chi connectivity index (χ4v) is 1.20. The lowest BCUT2D eigenvalue weighted by molar-refractivity contribution is 0.0961. The smallest absolute Gasteiger partial charge is 0.319 e. The zero-order chi connectivity index (χ0) is 10.8. The molecular formula is C7H10N6O2. The van der Waals surface area contributed by atoms with Crippen LogP contribution >= 0.6 is 0 Å². The topological polar surface area (TPSA) is 115 Å². The first-order chi connectivity index (χ1) is 7.16. The standard InChI is InChI=1S/C7H10N6O2/c8-7(15)10-6(14)5-3-13(12-11-5)4-1-9-2-4/h3-4,9H,1-2H2,(H3,8,10,14,15). The molecule has 0 atom stereocenters. The van der Waals surface area contributed by atoms with E-state index in [1.165, 1.54) is 6.20 Å². The summed E-state index contributed by atoms with van der Waals surface area (Å²) in [7, 11) is 0. The second kappa shape index (κ2) is 3.65. The van der Waals surface area contributed by atoms with Crippen molar-refractivity contribution in [1.82, 2.24) is 25.6 Å². The van der Waals surface area contributed by atoms with E-state index in [2.05, 4.69) is 15.6 Å². The highest BCUT2D eigenvalue weighted by molar-refractivity contribution is 6.02. The van der Waals surface area contributed by atoms with Crippen LogP contribution in [-0.4, -0.2) is 40.0 Å². The monoisotopic (exact) mass is 210 g/mol. The van der Waals surface area contributed by atoms with E-state index in [1.54, 1.807) is 4.68 Å². The normalized spacial score (nSPS) is 15.7. The van der Waals surface area contributed by atoms with Crippen LogP contribution in [0.1, 0.15) is 16.5 Å². The van der Waals surface area contributed by atoms with Crippen LogP contribution < -0.4 is 16.4 Å². The van der Waals surface area contributed by atoms with Gasteiger partial charge in [-0.25, -0.2) is 9.48 Å². The SMILES string of the molecule is NC(=O)NC(=O)c1cn(C2CNC2)nn1. The maximum atomic E-state index is 11.3. The maximum absolute atomic E-state index is 11.3. The van der Waals surface area contributed by atoms with Crippen LogP contribution in [0.2, 0.25) is 0 Å². The van der Waals surface area contributed by atoms with Crippen LogP contribution in [-0.2, 0) is 0 Å². The minimum absolute atomic E-state index is 0.0840. The van der Waals surface area contributed by atoms with Crippen molar-refractivity contribution in [3.63, 3.8) is 0 Å². The first-order valence-corrected chi connectivity index (χ1v) is 4.40. The second-order valence-electron chi connectivity index (χ2n) is 3.21. The Morgan fingerprint density at radius 1 is 1.60 bits per heavy atom. The molecule has 4 N–H and O–H groups in total. The Labute approximate surface area is 84.8 Å². The number of imide groups is 1. The van der Waals surface area contributed by atoms with E-state index >= 15 is 0 Å². The average Bonchev–Trinajstić information content (AvgIpc) is 2.48. The molecule has 0 radical (unpaired) electrons. The summed E-state index contributed by atoms with van der Waals surface area (Å²) in [6.45, 7) is 1.61. The van der Waals surface area contributed by atoms with Gasteiger partial charge in [0.25, 0.3) is 5.91 Å². The van der Waals surface area contributed by atoms with Gasteiger partial charge in [-0.3, -0.25) is 10.1 Å². The lowest BCUT2D eigenvalue weighted by atomic mass is 10.2. The minimum atomic E-state index is -0.903. The Hall–Kier alpha value is -1.96. The molecule has 2 heterocycles. The number of primary amides is 1. The van der Waals surface area contributed by atoms with Crippen LogP contribution in [0, 0.1) is 0 Å². The van der Waals surface area contributed by atoms with E-state index < -0.39 is 11.9 Å². The van der Waals surface area contributed by atoms with Gasteiger partial charge in [-0.15, -0.1) is 5.10 Å². The van der Waals surface area contributed by atoms with Crippen LogP contribution in [0.15, 0.2) is 6.20 Å². The largest absolute Gasteiger partial charge is 0.351 e. The summed E-state index contributed by atoms with van der Waals surface area (Å²) in [5, 5.41) is 12.4. The molecule has 1 fully saturated rings. The third kappa shape index (κ3) is 1.94. The number of hydrogen-bond acceptors (Lipinski definition) is 5. The molecule has 3 amide bonds. The molecule has 1 saturated heterocycles. The Morgan fingerprint density at radius 2 is 2.33 bits per heavy atom. The Morgan fingerprint density at radius 3 is 2.87 bits per heavy atom. The highest BCUT2D eigenvalue weighted by Crippen LogP contribution is 2.09. The number of aromatic nitrogens is 3. The lowest BCUT2D eigenvalue weighted by Gasteiger charge is -2.26. The van der Waals surface area contributed by atoms with Gasteiger partial charge in [-0.2, -0.15) is 0 Å². The molecule has 8 nitrogen and oxygen atoms in total. The van der Waals surface area contributed by atoms with Gasteiger partial charge in [0.05, 0.1) is 12.2 Å². The Balaban J connectivity index is 2.05. The summed E-state index contributed by atoms with van der Waals surface area (Å²) in [4.78, 5) is 21.7. The Kier molecular flexibility index (Phi) is 2.34. The second-order valence-corrected chi connectivity index (χ2v) is 3.21. The Bertz CT molecular complexity index is 396. The van der Waals surface area contributed by atoms with E-state index in [0.717, 1.165) is 13.1 Å². The molecule has 0 bridgehead atoms. The summed E-state index contributed by atoms with van der Waals surface area (Å²) >= 11 is 0. The molecule has 1 aromatic rings. The number of hydrogen-bond donors (Lipinski definition) is 3. The van der Waals surface area contributed by atoms with Gasteiger partial charge in [-0.05, 0) is 0 Å². The maximum Gasteiger partial charge on any atom is 0.319 e. The first kappa shape index (κ1) is 9.59. The molecule has 0 aromatic carbocycles. The summed E-state index contributed by atoms with van der Waals surface area (Å²) in [5.74, 6) is -0.638. The number of carbonyl (C=O) groups excluding carboxylic acids is 2. The van der Waals surface area contributed by atoms with E-state index in [4.69, 9.17) is 5.73 Å². The zero-order valence-corrected chi connectivity index (χ0v) is 7.80. The number of nitrogens with two attached hydrogens (primary N) is 1. The molecular weight excluding hydrogens is 200 g/mol. The van der Waals surface area contributed by atoms with Gasteiger partial charge in [0.15, 0.2) is 5.69 Å². The van der Waals surface area contributed by atoms with Gasteiger partial charge < -0.3 is 11.1 Å². The van der Waals surface area contributed by atoms with Crippen LogP contribution in [0.4, 0.5) is 4.79 Å². The van der Waals surface area contributed by atoms with E-state index in [-0.39, 0.29) is 11.7 Å². The third-order valence-corrected chi connectivity index (χ3v) is 2.11. The number of nitrogens with zero attached hydrogens (tertiary/aromatic N) is 3. The number of rotatable bonds is 2. The molecule has 1 aromatic heterocycles. The predicted octanol–water partition coefficient (Wildman–Crippen LogP) is -1.77. The summed E-state index contributed by atoms with van der Waals surface area (Å²) in [5.41, 5.74) is 4.88. The summed E-state index contributed by atoms with van der Waals surface area (Å²) in [6.07, 6.45) is 1.49. The molecule has 15 heavy (non-hydrogen) atoms. The molecule has 1 aliphatic rings. The number of urea groups is 1. The highest BCUT2D eigenvalue weighted by atomic mass is 16.2. The van der Waals surface area contributed by atoms with Gasteiger partial charge in [0.1, 0.15) is 0 Å². The molecule has 2 rings (SSSR count). The van der Waals surface area contributed by atoms with E-state index in [0.29, 0.717) is 0 Å². The predicted molar refractivity (Wildman–Crippen MR) is 49.0 cm³/mol. The summed E-state index contributed by atoms with van der Waals surface area (Å²) in [6, 6.07) is -0.674. The van der Waals surface area contributed by atoms with Crippen molar-refractivity contribution >= 4 is 11.9 Å². The van der Waals surface area contributed by atoms with Gasteiger partial charge in [0.2, 0.25) is 0 Å². The fourth-order valence-electron chi connectivity index (χ4n) is 1.20. The van der Waals surface area contributed by atoms with Crippen molar-refractivity contribution in [2.75, 3.05) is 13.1 Å². The number of carbonyl (C=O) groups is 2. The minimum Gasteiger partial charge on any atom is -0.351 e. The quantitative estimate of drug-likeness (QED) is 0.534. The number of amides is 3. The lowest BCUT2D eigenvalue weighted by Crippen LogP contribution is -2.43. The van der Waals surface area contributed by atoms with E-state index in [1.807, 2.05) is 5.32 Å². The van der Waals surface area contributed by atoms with Gasteiger partial charge in [-0.1, -0.05) is 5.21 Å². The van der Waals surface area contributed by atoms with Crippen molar-refractivity contribution in [3.05, 3.63) is 11.9 Å². The molecule has 0 unspecified atom stereocenters. The van der Waals surface area contributed by atoms with Crippen molar-refractivity contribution < 1.29 is 9.59 Å². The molecule has 0 aliphatic carbocycles. The van der Waals surface area contributed by atoms with Crippen molar-refractivity contribution in [2.45, 2.75) is 6.04 Å². The molecule has 0 saturated carbocycles. The van der Waals surface area contributed by atoms with Crippen LogP contribution in [0.25, 0.3) is 0 Å². The zero-order valence-electron chi connectivity index (χ0n) is 7.80. The third-order valence-electron chi connectivity index (χ3n) is 2.11. The van der Waals surface area contributed by atoms with E-state index in [9.17, 15) is 9.59 Å². The number of nitrogens with one attached hydrogen (secondary N) is 2. The van der Waals surface area contributed by atoms with Crippen molar-refractivity contribution in [3.8, 4) is 0 Å². The van der Waals surface area contributed by atoms with Crippen LogP contribution in [0.5, 0.6) is 0 Å². The molecule has 80 valence electrons. The molecule has 8 heteroatoms. The van der Waals surface area contributed by atoms with Crippen molar-refractivity contribution in [2.24, 2.45) is 5.73 Å². The molecule has 1 aliphatic heterocycles. The first-order valence-electron chi connectivity index (χ1n) is 4.40. The van der Waals surface area contributed by atoms with Gasteiger partial charge in [0, 0.05) is 13.1 Å². The summed E-state index contributed by atoms with van der Waals surface area (Å²) < 4.78 is 1.59.